The van der Waals surface area contributed by atoms with Crippen molar-refractivity contribution < 1.29 is 0 Å². The van der Waals surface area contributed by atoms with Gasteiger partial charge in [0, 0.05) is 17.7 Å². The summed E-state index contributed by atoms with van der Waals surface area (Å²) >= 11 is 5.28. The zero-order valence-electron chi connectivity index (χ0n) is 11.2. The fourth-order valence-corrected chi connectivity index (χ4v) is 3.62. The number of hydrogen-bond acceptors (Lipinski definition) is 4. The number of nitrogens with one attached hydrogen (secondary N) is 1. The SMILES string of the molecule is CNC(CSc1cccc(C)c1)c1c(Br)nnn1C. The molecule has 0 amide bonds. The number of halogens is 1. The first-order valence-corrected chi connectivity index (χ1v) is 7.81. The molecule has 19 heavy (non-hydrogen) atoms. The topological polar surface area (TPSA) is 42.7 Å². The van der Waals surface area contributed by atoms with E-state index in [0.29, 0.717) is 0 Å². The summed E-state index contributed by atoms with van der Waals surface area (Å²) in [7, 11) is 3.87. The van der Waals surface area contributed by atoms with Gasteiger partial charge in [0.25, 0.3) is 0 Å². The maximum absolute atomic E-state index is 4.03. The van der Waals surface area contributed by atoms with Gasteiger partial charge in [-0.2, -0.15) is 0 Å². The van der Waals surface area contributed by atoms with Gasteiger partial charge in [-0.3, -0.25) is 0 Å². The molecule has 0 aliphatic carbocycles. The van der Waals surface area contributed by atoms with E-state index in [1.54, 1.807) is 0 Å². The minimum absolute atomic E-state index is 0.208. The Morgan fingerprint density at radius 2 is 2.26 bits per heavy atom. The highest BCUT2D eigenvalue weighted by Gasteiger charge is 2.18. The van der Waals surface area contributed by atoms with E-state index in [0.717, 1.165) is 16.0 Å². The number of rotatable bonds is 5. The molecule has 0 fully saturated rings. The number of hydrogen-bond donors (Lipinski definition) is 1. The van der Waals surface area contributed by atoms with E-state index in [1.807, 2.05) is 30.5 Å². The van der Waals surface area contributed by atoms with Gasteiger partial charge in [-0.05, 0) is 42.0 Å². The minimum Gasteiger partial charge on any atom is -0.311 e. The molecule has 2 aromatic rings. The average molecular weight is 341 g/mol. The van der Waals surface area contributed by atoms with Crippen LogP contribution in [0.4, 0.5) is 0 Å². The molecule has 0 aliphatic heterocycles. The number of aromatic nitrogens is 3. The van der Waals surface area contributed by atoms with Gasteiger partial charge in [-0.15, -0.1) is 16.9 Å². The largest absolute Gasteiger partial charge is 0.311 e. The van der Waals surface area contributed by atoms with Gasteiger partial charge in [0.15, 0.2) is 4.60 Å². The van der Waals surface area contributed by atoms with Crippen molar-refractivity contribution >= 4 is 27.7 Å². The molecular formula is C13H17BrN4S. The second-order valence-corrected chi connectivity index (χ2v) is 6.20. The third-order valence-corrected chi connectivity index (χ3v) is 4.56. The second-order valence-electron chi connectivity index (χ2n) is 4.36. The summed E-state index contributed by atoms with van der Waals surface area (Å²) in [6, 6.07) is 8.75. The van der Waals surface area contributed by atoms with Gasteiger partial charge < -0.3 is 5.32 Å². The van der Waals surface area contributed by atoms with Crippen LogP contribution in [0.25, 0.3) is 0 Å². The lowest BCUT2D eigenvalue weighted by Gasteiger charge is -2.16. The van der Waals surface area contributed by atoms with Crippen LogP contribution in [0.15, 0.2) is 33.8 Å². The zero-order chi connectivity index (χ0) is 13.8. The van der Waals surface area contributed by atoms with Crippen LogP contribution in [0.1, 0.15) is 17.3 Å². The van der Waals surface area contributed by atoms with Gasteiger partial charge in [-0.1, -0.05) is 22.9 Å². The van der Waals surface area contributed by atoms with E-state index in [-0.39, 0.29) is 6.04 Å². The van der Waals surface area contributed by atoms with Crippen molar-refractivity contribution in [2.24, 2.45) is 7.05 Å². The summed E-state index contributed by atoms with van der Waals surface area (Å²) in [6.07, 6.45) is 0. The van der Waals surface area contributed by atoms with Crippen molar-refractivity contribution in [2.75, 3.05) is 12.8 Å². The third kappa shape index (κ3) is 3.58. The lowest BCUT2D eigenvalue weighted by atomic mass is 10.2. The van der Waals surface area contributed by atoms with Crippen molar-refractivity contribution in [1.29, 1.82) is 0 Å². The molecule has 1 N–H and O–H groups in total. The highest BCUT2D eigenvalue weighted by Crippen LogP contribution is 2.27. The molecular weight excluding hydrogens is 324 g/mol. The Morgan fingerprint density at radius 1 is 1.47 bits per heavy atom. The molecule has 0 saturated heterocycles. The summed E-state index contributed by atoms with van der Waals surface area (Å²) in [5.74, 6) is 0.930. The predicted octanol–water partition coefficient (Wildman–Crippen LogP) is 2.94. The molecule has 2 rings (SSSR count). The van der Waals surface area contributed by atoms with Crippen molar-refractivity contribution in [3.8, 4) is 0 Å². The summed E-state index contributed by atoms with van der Waals surface area (Å²) in [4.78, 5) is 1.28. The molecule has 6 heteroatoms. The molecule has 1 heterocycles. The van der Waals surface area contributed by atoms with Gasteiger partial charge in [0.2, 0.25) is 0 Å². The van der Waals surface area contributed by atoms with Crippen molar-refractivity contribution in [3.05, 3.63) is 40.1 Å². The molecule has 1 unspecified atom stereocenters. The first-order valence-electron chi connectivity index (χ1n) is 6.03. The van der Waals surface area contributed by atoms with E-state index in [2.05, 4.69) is 62.7 Å². The summed E-state index contributed by atoms with van der Waals surface area (Å²) in [6.45, 7) is 2.11. The molecule has 0 aliphatic rings. The highest BCUT2D eigenvalue weighted by molar-refractivity contribution is 9.10. The standard InChI is InChI=1S/C13H17BrN4S/c1-9-5-4-6-10(7-9)19-8-11(15-2)12-13(14)16-17-18(12)3/h4-7,11,15H,8H2,1-3H3. The lowest BCUT2D eigenvalue weighted by molar-refractivity contribution is 0.578. The molecule has 0 saturated carbocycles. The van der Waals surface area contributed by atoms with Crippen molar-refractivity contribution in [2.45, 2.75) is 17.9 Å². The van der Waals surface area contributed by atoms with Crippen LogP contribution in [0, 0.1) is 6.92 Å². The Kier molecular flexibility index (Phi) is 5.01. The van der Waals surface area contributed by atoms with Crippen LogP contribution in [0.3, 0.4) is 0 Å². The molecule has 1 atom stereocenters. The van der Waals surface area contributed by atoms with Crippen LogP contribution < -0.4 is 5.32 Å². The number of thioether (sulfide) groups is 1. The third-order valence-electron chi connectivity index (χ3n) is 2.91. The Morgan fingerprint density at radius 3 is 2.84 bits per heavy atom. The summed E-state index contributed by atoms with van der Waals surface area (Å²) in [5, 5.41) is 11.4. The highest BCUT2D eigenvalue weighted by atomic mass is 79.9. The molecule has 102 valence electrons. The molecule has 0 spiro atoms. The first-order chi connectivity index (χ1) is 9.11. The van der Waals surface area contributed by atoms with Crippen LogP contribution in [0.5, 0.6) is 0 Å². The van der Waals surface area contributed by atoms with E-state index in [1.165, 1.54) is 10.5 Å². The maximum atomic E-state index is 4.03. The number of nitrogens with zero attached hydrogens (tertiary/aromatic N) is 3. The predicted molar refractivity (Wildman–Crippen MR) is 82.4 cm³/mol. The van der Waals surface area contributed by atoms with E-state index >= 15 is 0 Å². The quantitative estimate of drug-likeness (QED) is 0.849. The maximum Gasteiger partial charge on any atom is 0.153 e. The second kappa shape index (κ2) is 6.54. The van der Waals surface area contributed by atoms with Crippen LogP contribution >= 0.6 is 27.7 Å². The normalized spacial score (nSPS) is 12.6. The van der Waals surface area contributed by atoms with Gasteiger partial charge in [0.05, 0.1) is 11.7 Å². The van der Waals surface area contributed by atoms with Crippen LogP contribution in [0.2, 0.25) is 0 Å². The Bertz CT molecular complexity index is 536. The smallest absolute Gasteiger partial charge is 0.153 e. The zero-order valence-corrected chi connectivity index (χ0v) is 13.6. The Balaban J connectivity index is 2.08. The Hall–Kier alpha value is -0.850. The van der Waals surface area contributed by atoms with Crippen molar-refractivity contribution in [3.63, 3.8) is 0 Å². The fraction of sp³-hybridized carbons (Fsp3) is 0.385. The van der Waals surface area contributed by atoms with Gasteiger partial charge in [0.1, 0.15) is 0 Å². The minimum atomic E-state index is 0.208. The summed E-state index contributed by atoms with van der Waals surface area (Å²) < 4.78 is 2.61. The van der Waals surface area contributed by atoms with E-state index in [4.69, 9.17) is 0 Å². The van der Waals surface area contributed by atoms with E-state index < -0.39 is 0 Å². The lowest BCUT2D eigenvalue weighted by Crippen LogP contribution is -2.22. The summed E-state index contributed by atoms with van der Waals surface area (Å²) in [5.41, 5.74) is 2.36. The van der Waals surface area contributed by atoms with Crippen LogP contribution in [-0.2, 0) is 7.05 Å². The molecule has 0 bridgehead atoms. The number of benzene rings is 1. The van der Waals surface area contributed by atoms with Crippen molar-refractivity contribution in [1.82, 2.24) is 20.3 Å². The molecule has 0 radical (unpaired) electrons. The van der Waals surface area contributed by atoms with Crippen LogP contribution in [-0.4, -0.2) is 27.8 Å². The first kappa shape index (κ1) is 14.6. The Labute approximate surface area is 126 Å². The fourth-order valence-electron chi connectivity index (χ4n) is 1.89. The molecule has 4 nitrogen and oxygen atoms in total. The van der Waals surface area contributed by atoms with E-state index in [9.17, 15) is 0 Å². The average Bonchev–Trinajstić information content (AvgIpc) is 2.71. The van der Waals surface area contributed by atoms with Gasteiger partial charge >= 0.3 is 0 Å². The monoisotopic (exact) mass is 340 g/mol. The molecule has 1 aromatic heterocycles. The van der Waals surface area contributed by atoms with Gasteiger partial charge in [-0.25, -0.2) is 4.68 Å². The molecule has 1 aromatic carbocycles. The number of aryl methyl sites for hydroxylation is 2.